The Bertz CT molecular complexity index is 1140. The Hall–Kier alpha value is -3.30. The second-order valence-electron chi connectivity index (χ2n) is 8.31. The Kier molecular flexibility index (Phi) is 7.77. The average molecular weight is 502 g/mol. The molecule has 1 aliphatic heterocycles. The lowest BCUT2D eigenvalue weighted by Gasteiger charge is -2.34. The van der Waals surface area contributed by atoms with Gasteiger partial charge >= 0.3 is 0 Å². The highest BCUT2D eigenvalue weighted by Gasteiger charge is 2.18. The molecule has 8 nitrogen and oxygen atoms in total. The van der Waals surface area contributed by atoms with Gasteiger partial charge in [0.25, 0.3) is 0 Å². The molecular weight excluding hydrogens is 473 g/mol. The number of aromatic nitrogens is 2. The number of hydrogen-bond acceptors (Lipinski definition) is 8. The van der Waals surface area contributed by atoms with Gasteiger partial charge in [0, 0.05) is 43.5 Å². The first-order valence-electron chi connectivity index (χ1n) is 11.2. The SMILES string of the molecule is COc1cc(OC)c(Cl)c(COc2cnc(Nc3ccc(N4CCN(C)CC4)c(F)c3)nc2)c1C. The van der Waals surface area contributed by atoms with E-state index < -0.39 is 0 Å². The summed E-state index contributed by atoms with van der Waals surface area (Å²) in [5.41, 5.74) is 2.79. The Morgan fingerprint density at radius 2 is 1.71 bits per heavy atom. The van der Waals surface area contributed by atoms with Gasteiger partial charge in [-0.1, -0.05) is 11.6 Å². The quantitative estimate of drug-likeness (QED) is 0.477. The molecule has 1 aromatic heterocycles. The zero-order valence-electron chi connectivity index (χ0n) is 20.3. The van der Waals surface area contributed by atoms with Crippen molar-refractivity contribution < 1.29 is 18.6 Å². The first-order valence-corrected chi connectivity index (χ1v) is 11.6. The van der Waals surface area contributed by atoms with Gasteiger partial charge in [-0.15, -0.1) is 0 Å². The number of nitrogens with zero attached hydrogens (tertiary/aromatic N) is 4. The van der Waals surface area contributed by atoms with Gasteiger partial charge in [0.1, 0.15) is 23.9 Å². The number of halogens is 2. The van der Waals surface area contributed by atoms with E-state index in [2.05, 4.69) is 32.1 Å². The Balaban J connectivity index is 1.40. The third kappa shape index (κ3) is 5.68. The van der Waals surface area contributed by atoms with E-state index in [1.54, 1.807) is 38.7 Å². The summed E-state index contributed by atoms with van der Waals surface area (Å²) in [6.45, 7) is 5.53. The number of piperazine rings is 1. The number of methoxy groups -OCH3 is 2. The average Bonchev–Trinajstić information content (AvgIpc) is 2.86. The standard InChI is InChI=1S/C25H29ClFN5O3/c1-16-19(24(26)23(34-4)12-22(16)33-3)15-35-18-13-28-25(29-14-18)30-17-5-6-21(20(27)11-17)32-9-7-31(2)8-10-32/h5-6,11-14H,7-10,15H2,1-4H3,(H,28,29,30). The highest BCUT2D eigenvalue weighted by Crippen LogP contribution is 2.37. The molecule has 3 aromatic rings. The van der Waals surface area contributed by atoms with E-state index in [-0.39, 0.29) is 12.4 Å². The van der Waals surface area contributed by atoms with E-state index >= 15 is 0 Å². The molecule has 0 atom stereocenters. The van der Waals surface area contributed by atoms with E-state index in [0.29, 0.717) is 39.6 Å². The summed E-state index contributed by atoms with van der Waals surface area (Å²) in [7, 11) is 5.21. The largest absolute Gasteiger partial charge is 0.496 e. The van der Waals surface area contributed by atoms with Crippen molar-refractivity contribution in [2.24, 2.45) is 0 Å². The maximum absolute atomic E-state index is 14.7. The van der Waals surface area contributed by atoms with Gasteiger partial charge in [-0.25, -0.2) is 14.4 Å². The number of rotatable bonds is 8. The van der Waals surface area contributed by atoms with Gasteiger partial charge in [0.15, 0.2) is 5.75 Å². The zero-order chi connectivity index (χ0) is 24.9. The Morgan fingerprint density at radius 1 is 1.03 bits per heavy atom. The van der Waals surface area contributed by atoms with E-state index in [9.17, 15) is 4.39 Å². The molecule has 0 amide bonds. The van der Waals surface area contributed by atoms with Crippen LogP contribution >= 0.6 is 11.6 Å². The normalized spacial score (nSPS) is 14.1. The minimum atomic E-state index is -0.277. The van der Waals surface area contributed by atoms with Gasteiger partial charge in [-0.2, -0.15) is 0 Å². The predicted molar refractivity (Wildman–Crippen MR) is 135 cm³/mol. The van der Waals surface area contributed by atoms with Gasteiger partial charge in [-0.05, 0) is 37.7 Å². The van der Waals surface area contributed by atoms with Crippen molar-refractivity contribution in [3.8, 4) is 17.2 Å². The monoisotopic (exact) mass is 501 g/mol. The highest BCUT2D eigenvalue weighted by molar-refractivity contribution is 6.33. The van der Waals surface area contributed by atoms with Crippen molar-refractivity contribution in [3.63, 3.8) is 0 Å². The van der Waals surface area contributed by atoms with Crippen LogP contribution in [0.4, 0.5) is 21.7 Å². The molecule has 0 unspecified atom stereocenters. The van der Waals surface area contributed by atoms with E-state index in [1.807, 2.05) is 13.0 Å². The van der Waals surface area contributed by atoms with E-state index in [1.165, 1.54) is 6.07 Å². The number of benzene rings is 2. The fraction of sp³-hybridized carbons (Fsp3) is 0.360. The fourth-order valence-electron chi connectivity index (χ4n) is 3.91. The van der Waals surface area contributed by atoms with Crippen molar-refractivity contribution in [2.75, 3.05) is 57.7 Å². The van der Waals surface area contributed by atoms with Gasteiger partial charge in [0.05, 0.1) is 37.3 Å². The number of nitrogens with one attached hydrogen (secondary N) is 1. The molecule has 1 saturated heterocycles. The first kappa shape index (κ1) is 24.8. The smallest absolute Gasteiger partial charge is 0.227 e. The van der Waals surface area contributed by atoms with Crippen LogP contribution in [0.15, 0.2) is 36.7 Å². The van der Waals surface area contributed by atoms with E-state index in [0.717, 1.165) is 37.3 Å². The van der Waals surface area contributed by atoms with Crippen molar-refractivity contribution in [2.45, 2.75) is 13.5 Å². The van der Waals surface area contributed by atoms with E-state index in [4.69, 9.17) is 25.8 Å². The lowest BCUT2D eigenvalue weighted by molar-refractivity contribution is 0.300. The molecule has 2 aromatic carbocycles. The second kappa shape index (κ2) is 11.0. The van der Waals surface area contributed by atoms with Crippen LogP contribution in [0, 0.1) is 12.7 Å². The van der Waals surface area contributed by atoms with Gasteiger partial charge in [0.2, 0.25) is 5.95 Å². The molecule has 1 fully saturated rings. The van der Waals surface area contributed by atoms with Crippen molar-refractivity contribution in [3.05, 3.63) is 58.6 Å². The van der Waals surface area contributed by atoms with Gasteiger partial charge in [-0.3, -0.25) is 0 Å². The lowest BCUT2D eigenvalue weighted by atomic mass is 10.1. The Labute approximate surface area is 209 Å². The van der Waals surface area contributed by atoms with Crippen LogP contribution in [-0.2, 0) is 6.61 Å². The summed E-state index contributed by atoms with van der Waals surface area (Å²) >= 11 is 6.47. The third-order valence-electron chi connectivity index (χ3n) is 6.06. The van der Waals surface area contributed by atoms with Crippen LogP contribution in [0.5, 0.6) is 17.2 Å². The summed E-state index contributed by atoms with van der Waals surface area (Å²) in [6.07, 6.45) is 3.09. The summed E-state index contributed by atoms with van der Waals surface area (Å²) in [5.74, 6) is 1.69. The lowest BCUT2D eigenvalue weighted by Crippen LogP contribution is -2.44. The molecule has 0 radical (unpaired) electrons. The molecule has 2 heterocycles. The minimum Gasteiger partial charge on any atom is -0.496 e. The molecule has 0 saturated carbocycles. The second-order valence-corrected chi connectivity index (χ2v) is 8.69. The summed E-state index contributed by atoms with van der Waals surface area (Å²) < 4.78 is 31.3. The summed E-state index contributed by atoms with van der Waals surface area (Å²) in [6, 6.07) is 6.81. The third-order valence-corrected chi connectivity index (χ3v) is 6.48. The van der Waals surface area contributed by atoms with Crippen molar-refractivity contribution in [1.29, 1.82) is 0 Å². The topological polar surface area (TPSA) is 72.0 Å². The molecule has 186 valence electrons. The maximum Gasteiger partial charge on any atom is 0.227 e. The zero-order valence-corrected chi connectivity index (χ0v) is 21.0. The predicted octanol–water partition coefficient (Wildman–Crippen LogP) is 4.67. The molecule has 35 heavy (non-hydrogen) atoms. The number of ether oxygens (including phenoxy) is 3. The van der Waals surface area contributed by atoms with Crippen molar-refractivity contribution in [1.82, 2.24) is 14.9 Å². The van der Waals surface area contributed by atoms with Crippen LogP contribution in [0.25, 0.3) is 0 Å². The molecule has 0 aliphatic carbocycles. The number of anilines is 3. The molecule has 0 bridgehead atoms. The highest BCUT2D eigenvalue weighted by atomic mass is 35.5. The molecule has 0 spiro atoms. The molecule has 10 heteroatoms. The number of hydrogen-bond donors (Lipinski definition) is 1. The van der Waals surface area contributed by atoms with Gasteiger partial charge < -0.3 is 29.3 Å². The molecule has 4 rings (SSSR count). The minimum absolute atomic E-state index is 0.188. The summed E-state index contributed by atoms with van der Waals surface area (Å²) in [5, 5.41) is 3.50. The number of likely N-dealkylation sites (N-methyl/N-ethyl adjacent to an activating group) is 1. The Morgan fingerprint density at radius 3 is 2.34 bits per heavy atom. The molecule has 1 aliphatic rings. The molecule has 1 N–H and O–H groups in total. The van der Waals surface area contributed by atoms with Crippen LogP contribution in [-0.4, -0.2) is 62.3 Å². The van der Waals surface area contributed by atoms with Crippen LogP contribution in [0.3, 0.4) is 0 Å². The maximum atomic E-state index is 14.7. The molecular formula is C25H29ClFN5O3. The van der Waals surface area contributed by atoms with Crippen molar-refractivity contribution >= 4 is 28.9 Å². The summed E-state index contributed by atoms with van der Waals surface area (Å²) in [4.78, 5) is 12.9. The van der Waals surface area contributed by atoms with Crippen LogP contribution in [0.2, 0.25) is 5.02 Å². The van der Waals surface area contributed by atoms with Crippen LogP contribution < -0.4 is 24.4 Å². The van der Waals surface area contributed by atoms with Crippen LogP contribution in [0.1, 0.15) is 11.1 Å². The first-order chi connectivity index (χ1) is 16.9. The fourth-order valence-corrected chi connectivity index (χ4v) is 4.24.